The van der Waals surface area contributed by atoms with Crippen molar-refractivity contribution < 1.29 is 18.3 Å². The fourth-order valence-electron chi connectivity index (χ4n) is 2.79. The third-order valence-corrected chi connectivity index (χ3v) is 6.72. The van der Waals surface area contributed by atoms with Gasteiger partial charge in [-0.1, -0.05) is 18.2 Å². The number of carboxylic acid groups (broad SMARTS) is 1. The first kappa shape index (κ1) is 15.2. The molecule has 1 unspecified atom stereocenters. The van der Waals surface area contributed by atoms with Gasteiger partial charge in [-0.3, -0.25) is 0 Å². The van der Waals surface area contributed by atoms with Crippen LogP contribution in [0.15, 0.2) is 46.7 Å². The summed E-state index contributed by atoms with van der Waals surface area (Å²) in [4.78, 5) is 12.2. The van der Waals surface area contributed by atoms with E-state index in [9.17, 15) is 18.3 Å². The summed E-state index contributed by atoms with van der Waals surface area (Å²) in [5, 5.41) is 11.2. The molecule has 0 bridgehead atoms. The largest absolute Gasteiger partial charge is 0.478 e. The number of carboxylic acids is 1. The molecule has 1 aliphatic heterocycles. The molecule has 1 fully saturated rings. The SMILES string of the molecule is O=C(O)c1ccccc1S(=O)(=O)N1CCCC1c1cccs1. The van der Waals surface area contributed by atoms with Gasteiger partial charge in [-0.2, -0.15) is 4.31 Å². The average molecular weight is 337 g/mol. The Morgan fingerprint density at radius 1 is 1.23 bits per heavy atom. The molecule has 0 amide bonds. The summed E-state index contributed by atoms with van der Waals surface area (Å²) in [5.41, 5.74) is -0.181. The van der Waals surface area contributed by atoms with Crippen LogP contribution in [0, 0.1) is 0 Å². The zero-order valence-electron chi connectivity index (χ0n) is 11.7. The summed E-state index contributed by atoms with van der Waals surface area (Å²) in [5.74, 6) is -1.23. The van der Waals surface area contributed by atoms with Crippen molar-refractivity contribution in [1.29, 1.82) is 0 Å². The maximum atomic E-state index is 12.9. The summed E-state index contributed by atoms with van der Waals surface area (Å²) in [6.07, 6.45) is 1.53. The van der Waals surface area contributed by atoms with E-state index in [-0.39, 0.29) is 16.5 Å². The van der Waals surface area contributed by atoms with Gasteiger partial charge in [-0.15, -0.1) is 11.3 Å². The van der Waals surface area contributed by atoms with Gasteiger partial charge in [0.05, 0.1) is 16.5 Å². The van der Waals surface area contributed by atoms with E-state index in [2.05, 4.69) is 0 Å². The van der Waals surface area contributed by atoms with Gasteiger partial charge in [-0.05, 0) is 36.4 Å². The third kappa shape index (κ3) is 2.55. The molecule has 0 spiro atoms. The minimum absolute atomic E-state index is 0.133. The third-order valence-electron chi connectivity index (χ3n) is 3.78. The number of hydrogen-bond donors (Lipinski definition) is 1. The van der Waals surface area contributed by atoms with Gasteiger partial charge in [0.2, 0.25) is 10.0 Å². The van der Waals surface area contributed by atoms with Gasteiger partial charge in [-0.25, -0.2) is 13.2 Å². The number of thiophene rings is 1. The van der Waals surface area contributed by atoms with Crippen molar-refractivity contribution in [3.63, 3.8) is 0 Å². The van der Waals surface area contributed by atoms with Crippen LogP contribution in [0.5, 0.6) is 0 Å². The molecule has 1 saturated heterocycles. The van der Waals surface area contributed by atoms with Gasteiger partial charge < -0.3 is 5.11 Å². The van der Waals surface area contributed by atoms with E-state index in [1.54, 1.807) is 6.07 Å². The lowest BCUT2D eigenvalue weighted by molar-refractivity contribution is 0.0692. The maximum absolute atomic E-state index is 12.9. The van der Waals surface area contributed by atoms with Crippen LogP contribution in [-0.4, -0.2) is 30.3 Å². The summed E-state index contributed by atoms with van der Waals surface area (Å²) in [6.45, 7) is 0.416. The monoisotopic (exact) mass is 337 g/mol. The van der Waals surface area contributed by atoms with Crippen LogP contribution in [0.1, 0.15) is 34.1 Å². The van der Waals surface area contributed by atoms with E-state index < -0.39 is 16.0 Å². The number of carbonyl (C=O) groups is 1. The van der Waals surface area contributed by atoms with Gasteiger partial charge in [0, 0.05) is 11.4 Å². The minimum atomic E-state index is -3.83. The highest BCUT2D eigenvalue weighted by Crippen LogP contribution is 2.38. The molecule has 0 radical (unpaired) electrons. The lowest BCUT2D eigenvalue weighted by Gasteiger charge is -2.24. The van der Waals surface area contributed by atoms with Crippen molar-refractivity contribution in [2.75, 3.05) is 6.54 Å². The highest BCUT2D eigenvalue weighted by atomic mass is 32.2. The molecule has 1 aromatic heterocycles. The number of benzene rings is 1. The van der Waals surface area contributed by atoms with Crippen molar-refractivity contribution in [2.45, 2.75) is 23.8 Å². The molecule has 3 rings (SSSR count). The van der Waals surface area contributed by atoms with Gasteiger partial charge in [0.25, 0.3) is 0 Å². The maximum Gasteiger partial charge on any atom is 0.337 e. The molecule has 1 N–H and O–H groups in total. The second kappa shape index (κ2) is 5.83. The van der Waals surface area contributed by atoms with Crippen LogP contribution < -0.4 is 0 Å². The molecule has 22 heavy (non-hydrogen) atoms. The molecule has 2 heterocycles. The Morgan fingerprint density at radius 3 is 2.68 bits per heavy atom. The van der Waals surface area contributed by atoms with Gasteiger partial charge in [0.1, 0.15) is 0 Å². The van der Waals surface area contributed by atoms with Crippen LogP contribution in [0.3, 0.4) is 0 Å². The van der Waals surface area contributed by atoms with Gasteiger partial charge in [0.15, 0.2) is 0 Å². The van der Waals surface area contributed by atoms with Crippen molar-refractivity contribution in [3.8, 4) is 0 Å². The lowest BCUT2D eigenvalue weighted by Crippen LogP contribution is -2.31. The van der Waals surface area contributed by atoms with Crippen LogP contribution in [0.2, 0.25) is 0 Å². The van der Waals surface area contributed by atoms with Crippen molar-refractivity contribution in [3.05, 3.63) is 52.2 Å². The summed E-state index contributed by atoms with van der Waals surface area (Å²) >= 11 is 1.52. The topological polar surface area (TPSA) is 74.7 Å². The van der Waals surface area contributed by atoms with Crippen molar-refractivity contribution in [2.24, 2.45) is 0 Å². The second-order valence-corrected chi connectivity index (χ2v) is 7.93. The normalized spacial score (nSPS) is 19.4. The Morgan fingerprint density at radius 2 is 2.00 bits per heavy atom. The zero-order valence-corrected chi connectivity index (χ0v) is 13.3. The lowest BCUT2D eigenvalue weighted by atomic mass is 10.2. The number of nitrogens with zero attached hydrogens (tertiary/aromatic N) is 1. The number of aromatic carboxylic acids is 1. The fourth-order valence-corrected chi connectivity index (χ4v) is 5.59. The quantitative estimate of drug-likeness (QED) is 0.931. The molecule has 1 aromatic carbocycles. The first-order valence-corrected chi connectivity index (χ1v) is 9.21. The highest BCUT2D eigenvalue weighted by molar-refractivity contribution is 7.89. The zero-order chi connectivity index (χ0) is 15.7. The molecule has 7 heteroatoms. The first-order chi connectivity index (χ1) is 10.5. The van der Waals surface area contributed by atoms with Crippen LogP contribution >= 0.6 is 11.3 Å². The summed E-state index contributed by atoms with van der Waals surface area (Å²) < 4.78 is 27.3. The molecule has 5 nitrogen and oxygen atoms in total. The molecular formula is C15H15NO4S2. The van der Waals surface area contributed by atoms with E-state index >= 15 is 0 Å². The van der Waals surface area contributed by atoms with E-state index in [4.69, 9.17) is 0 Å². The molecule has 0 saturated carbocycles. The van der Waals surface area contributed by atoms with E-state index in [0.717, 1.165) is 17.7 Å². The summed E-state index contributed by atoms with van der Waals surface area (Å²) in [7, 11) is -3.83. The Balaban J connectivity index is 2.05. The average Bonchev–Trinajstić information content (AvgIpc) is 3.18. The molecule has 1 aliphatic rings. The van der Waals surface area contributed by atoms with E-state index in [1.807, 2.05) is 17.5 Å². The van der Waals surface area contributed by atoms with Gasteiger partial charge >= 0.3 is 5.97 Å². The molecule has 1 atom stereocenters. The second-order valence-electron chi connectivity index (χ2n) is 5.09. The van der Waals surface area contributed by atoms with E-state index in [1.165, 1.54) is 33.8 Å². The predicted octanol–water partition coefficient (Wildman–Crippen LogP) is 2.97. The Labute approximate surface area is 132 Å². The first-order valence-electron chi connectivity index (χ1n) is 6.89. The minimum Gasteiger partial charge on any atom is -0.478 e. The number of hydrogen-bond acceptors (Lipinski definition) is 4. The number of sulfonamides is 1. The molecule has 116 valence electrons. The fraction of sp³-hybridized carbons (Fsp3) is 0.267. The van der Waals surface area contributed by atoms with Crippen LogP contribution in [0.4, 0.5) is 0 Å². The Hall–Kier alpha value is -1.70. The van der Waals surface area contributed by atoms with Crippen molar-refractivity contribution in [1.82, 2.24) is 4.31 Å². The number of rotatable bonds is 4. The van der Waals surface area contributed by atoms with Crippen LogP contribution in [0.25, 0.3) is 0 Å². The smallest absolute Gasteiger partial charge is 0.337 e. The standard InChI is InChI=1S/C15H15NO4S2/c17-15(18)11-5-1-2-8-14(11)22(19,20)16-9-3-6-12(16)13-7-4-10-21-13/h1-2,4-5,7-8,10,12H,3,6,9H2,(H,17,18). The Bertz CT molecular complexity index is 784. The van der Waals surface area contributed by atoms with E-state index in [0.29, 0.717) is 6.54 Å². The Kier molecular flexibility index (Phi) is 4.03. The predicted molar refractivity (Wildman–Crippen MR) is 83.6 cm³/mol. The summed E-state index contributed by atoms with van der Waals surface area (Å²) in [6, 6.07) is 9.39. The van der Waals surface area contributed by atoms with Crippen molar-refractivity contribution >= 4 is 27.3 Å². The molecular weight excluding hydrogens is 322 g/mol. The molecule has 0 aliphatic carbocycles. The van der Waals surface area contributed by atoms with Crippen LogP contribution in [-0.2, 0) is 10.0 Å². The highest BCUT2D eigenvalue weighted by Gasteiger charge is 2.38. The molecule has 2 aromatic rings.